The first-order chi connectivity index (χ1) is 6.88. The summed E-state index contributed by atoms with van der Waals surface area (Å²) >= 11 is 0. The van der Waals surface area contributed by atoms with Crippen LogP contribution in [0.3, 0.4) is 0 Å². The summed E-state index contributed by atoms with van der Waals surface area (Å²) < 4.78 is 5.83. The van der Waals surface area contributed by atoms with Crippen LogP contribution in [0, 0.1) is 0 Å². The maximum Gasteiger partial charge on any atom is 0.0728 e. The van der Waals surface area contributed by atoms with Gasteiger partial charge in [0, 0.05) is 12.6 Å². The molecule has 0 aromatic carbocycles. The van der Waals surface area contributed by atoms with Crippen molar-refractivity contribution in [2.75, 3.05) is 13.2 Å². The van der Waals surface area contributed by atoms with Crippen LogP contribution in [0.5, 0.6) is 0 Å². The minimum atomic E-state index is 0.482. The highest BCUT2D eigenvalue weighted by molar-refractivity contribution is 4.78. The quantitative estimate of drug-likeness (QED) is 0.710. The second-order valence-corrected chi connectivity index (χ2v) is 4.21. The van der Waals surface area contributed by atoms with Gasteiger partial charge in [0.1, 0.15) is 0 Å². The smallest absolute Gasteiger partial charge is 0.0728 e. The van der Waals surface area contributed by atoms with Crippen LogP contribution in [0.4, 0.5) is 0 Å². The van der Waals surface area contributed by atoms with Gasteiger partial charge >= 0.3 is 0 Å². The Kier molecular flexibility index (Phi) is 6.20. The molecule has 0 aliphatic carbocycles. The fourth-order valence-electron chi connectivity index (χ4n) is 2.19. The molecule has 1 rings (SSSR count). The summed E-state index contributed by atoms with van der Waals surface area (Å²) in [5.74, 6) is 0. The van der Waals surface area contributed by atoms with E-state index in [2.05, 4.69) is 19.2 Å². The van der Waals surface area contributed by atoms with E-state index in [9.17, 15) is 0 Å². The molecular weight excluding hydrogens is 174 g/mol. The van der Waals surface area contributed by atoms with Gasteiger partial charge in [0.15, 0.2) is 0 Å². The van der Waals surface area contributed by atoms with Crippen molar-refractivity contribution in [3.05, 3.63) is 0 Å². The first-order valence-electron chi connectivity index (χ1n) is 6.23. The number of likely N-dealkylation sites (N-methyl/N-ethyl adjacent to an activating group) is 1. The van der Waals surface area contributed by atoms with Crippen LogP contribution in [0.15, 0.2) is 0 Å². The van der Waals surface area contributed by atoms with Crippen molar-refractivity contribution in [1.29, 1.82) is 0 Å². The normalized spacial score (nSPS) is 24.9. The van der Waals surface area contributed by atoms with Crippen molar-refractivity contribution in [1.82, 2.24) is 5.32 Å². The average molecular weight is 199 g/mol. The summed E-state index contributed by atoms with van der Waals surface area (Å²) in [6, 6.07) is 0.597. The van der Waals surface area contributed by atoms with Gasteiger partial charge in [0.05, 0.1) is 6.10 Å². The molecule has 1 N–H and O–H groups in total. The lowest BCUT2D eigenvalue weighted by atomic mass is 9.97. The van der Waals surface area contributed by atoms with Gasteiger partial charge < -0.3 is 10.1 Å². The van der Waals surface area contributed by atoms with Crippen LogP contribution < -0.4 is 5.32 Å². The maximum absolute atomic E-state index is 5.83. The molecule has 1 fully saturated rings. The number of unbranched alkanes of at least 4 members (excludes halogenated alkanes) is 1. The van der Waals surface area contributed by atoms with E-state index in [4.69, 9.17) is 4.74 Å². The first kappa shape index (κ1) is 12.0. The molecule has 0 amide bonds. The van der Waals surface area contributed by atoms with Crippen molar-refractivity contribution < 1.29 is 4.74 Å². The minimum Gasteiger partial charge on any atom is -0.377 e. The van der Waals surface area contributed by atoms with Crippen molar-refractivity contribution >= 4 is 0 Å². The largest absolute Gasteiger partial charge is 0.377 e. The van der Waals surface area contributed by atoms with E-state index in [0.29, 0.717) is 12.1 Å². The zero-order chi connectivity index (χ0) is 10.2. The first-order valence-corrected chi connectivity index (χ1v) is 6.23. The van der Waals surface area contributed by atoms with Gasteiger partial charge in [-0.2, -0.15) is 0 Å². The molecule has 84 valence electrons. The predicted octanol–water partition coefficient (Wildman–Crippen LogP) is 2.72. The lowest BCUT2D eigenvalue weighted by Gasteiger charge is -2.31. The molecule has 14 heavy (non-hydrogen) atoms. The van der Waals surface area contributed by atoms with Crippen molar-refractivity contribution in [3.63, 3.8) is 0 Å². The summed E-state index contributed by atoms with van der Waals surface area (Å²) in [7, 11) is 0. The van der Waals surface area contributed by atoms with Crippen LogP contribution in [-0.4, -0.2) is 25.3 Å². The van der Waals surface area contributed by atoms with E-state index in [1.165, 1.54) is 38.5 Å². The lowest BCUT2D eigenvalue weighted by molar-refractivity contribution is -0.00933. The van der Waals surface area contributed by atoms with E-state index in [1.54, 1.807) is 0 Å². The Balaban J connectivity index is 2.30. The van der Waals surface area contributed by atoms with E-state index < -0.39 is 0 Å². The molecular formula is C12H25NO. The Morgan fingerprint density at radius 1 is 1.36 bits per heavy atom. The van der Waals surface area contributed by atoms with Gasteiger partial charge in [-0.05, 0) is 32.2 Å². The number of hydrogen-bond acceptors (Lipinski definition) is 2. The third-order valence-corrected chi connectivity index (χ3v) is 3.00. The highest BCUT2D eigenvalue weighted by atomic mass is 16.5. The molecule has 0 spiro atoms. The van der Waals surface area contributed by atoms with Crippen molar-refractivity contribution in [3.8, 4) is 0 Å². The second-order valence-electron chi connectivity index (χ2n) is 4.21. The molecule has 0 aromatic heterocycles. The third kappa shape index (κ3) is 3.97. The number of rotatable bonds is 6. The second kappa shape index (κ2) is 7.24. The molecule has 1 saturated heterocycles. The van der Waals surface area contributed by atoms with Crippen LogP contribution in [0.25, 0.3) is 0 Å². The van der Waals surface area contributed by atoms with Crippen LogP contribution in [0.1, 0.15) is 52.4 Å². The fourth-order valence-corrected chi connectivity index (χ4v) is 2.19. The van der Waals surface area contributed by atoms with Gasteiger partial charge in [-0.1, -0.05) is 26.7 Å². The highest BCUT2D eigenvalue weighted by Gasteiger charge is 2.22. The molecule has 1 aliphatic rings. The number of hydrogen-bond donors (Lipinski definition) is 1. The molecule has 2 nitrogen and oxygen atoms in total. The summed E-state index contributed by atoms with van der Waals surface area (Å²) in [6.07, 6.45) is 8.21. The molecule has 0 aromatic rings. The monoisotopic (exact) mass is 199 g/mol. The van der Waals surface area contributed by atoms with Gasteiger partial charge in [0.2, 0.25) is 0 Å². The topological polar surface area (TPSA) is 21.3 Å². The zero-order valence-electron chi connectivity index (χ0n) is 9.72. The molecule has 0 saturated carbocycles. The Hall–Kier alpha value is -0.0800. The minimum absolute atomic E-state index is 0.482. The Morgan fingerprint density at radius 2 is 2.21 bits per heavy atom. The van der Waals surface area contributed by atoms with Gasteiger partial charge in [-0.25, -0.2) is 0 Å². The molecule has 2 heteroatoms. The zero-order valence-corrected chi connectivity index (χ0v) is 9.72. The van der Waals surface area contributed by atoms with Crippen molar-refractivity contribution in [2.24, 2.45) is 0 Å². The molecule has 0 bridgehead atoms. The number of ether oxygens (including phenoxy) is 1. The third-order valence-electron chi connectivity index (χ3n) is 3.00. The van der Waals surface area contributed by atoms with E-state index >= 15 is 0 Å². The predicted molar refractivity (Wildman–Crippen MR) is 60.6 cm³/mol. The molecule has 1 heterocycles. The molecule has 1 aliphatic heterocycles. The van der Waals surface area contributed by atoms with E-state index in [0.717, 1.165) is 13.2 Å². The standard InChI is InChI=1S/C12H25NO/c1-3-5-8-11(13-4-2)12-9-6-7-10-14-12/h11-13H,3-10H2,1-2H3. The summed E-state index contributed by atoms with van der Waals surface area (Å²) in [5.41, 5.74) is 0. The SMILES string of the molecule is CCCCC(NCC)C1CCCCO1. The van der Waals surface area contributed by atoms with Crippen molar-refractivity contribution in [2.45, 2.75) is 64.5 Å². The maximum atomic E-state index is 5.83. The fraction of sp³-hybridized carbons (Fsp3) is 1.00. The molecule has 2 atom stereocenters. The Labute approximate surface area is 88.4 Å². The Bertz CT molecular complexity index is 132. The molecule has 0 radical (unpaired) electrons. The van der Waals surface area contributed by atoms with Gasteiger partial charge in [-0.3, -0.25) is 0 Å². The van der Waals surface area contributed by atoms with Crippen LogP contribution >= 0.6 is 0 Å². The average Bonchev–Trinajstić information content (AvgIpc) is 2.25. The van der Waals surface area contributed by atoms with E-state index in [-0.39, 0.29) is 0 Å². The summed E-state index contributed by atoms with van der Waals surface area (Å²) in [5, 5.41) is 3.56. The Morgan fingerprint density at radius 3 is 2.79 bits per heavy atom. The van der Waals surface area contributed by atoms with Gasteiger partial charge in [-0.15, -0.1) is 0 Å². The van der Waals surface area contributed by atoms with Crippen LogP contribution in [0.2, 0.25) is 0 Å². The van der Waals surface area contributed by atoms with Crippen LogP contribution in [-0.2, 0) is 4.74 Å². The highest BCUT2D eigenvalue weighted by Crippen LogP contribution is 2.18. The molecule has 2 unspecified atom stereocenters. The summed E-state index contributed by atoms with van der Waals surface area (Å²) in [4.78, 5) is 0. The number of nitrogens with one attached hydrogen (secondary N) is 1. The van der Waals surface area contributed by atoms with E-state index in [1.807, 2.05) is 0 Å². The van der Waals surface area contributed by atoms with Gasteiger partial charge in [0.25, 0.3) is 0 Å². The summed E-state index contributed by atoms with van der Waals surface area (Å²) in [6.45, 7) is 6.47. The lowest BCUT2D eigenvalue weighted by Crippen LogP contribution is -2.42.